The van der Waals surface area contributed by atoms with Gasteiger partial charge in [0.25, 0.3) is 0 Å². The Morgan fingerprint density at radius 1 is 1.10 bits per heavy atom. The number of hydrogen-bond donors (Lipinski definition) is 1. The number of ether oxygens (including phenoxy) is 4. The molecule has 1 N–H and O–H groups in total. The number of carbonyl (C=O) groups is 1. The third kappa shape index (κ3) is 11.2. The molecule has 20 heavy (non-hydrogen) atoms. The minimum atomic E-state index is -0.427. The molecule has 120 valence electrons. The maximum atomic E-state index is 11.7. The van der Waals surface area contributed by atoms with Gasteiger partial charge in [0, 0.05) is 26.4 Å². The lowest BCUT2D eigenvalue weighted by Crippen LogP contribution is -2.45. The molecule has 0 aliphatic heterocycles. The van der Waals surface area contributed by atoms with Gasteiger partial charge < -0.3 is 24.3 Å². The number of carbonyl (C=O) groups excluding carboxylic acids is 1. The van der Waals surface area contributed by atoms with Gasteiger partial charge >= 0.3 is 5.97 Å². The molecule has 1 atom stereocenters. The van der Waals surface area contributed by atoms with Crippen LogP contribution in [0.1, 0.15) is 27.2 Å². The van der Waals surface area contributed by atoms with E-state index in [1.54, 1.807) is 14.0 Å². The van der Waals surface area contributed by atoms with Crippen LogP contribution in [0.4, 0.5) is 0 Å². The quantitative estimate of drug-likeness (QED) is 0.403. The van der Waals surface area contributed by atoms with E-state index in [-0.39, 0.29) is 12.0 Å². The summed E-state index contributed by atoms with van der Waals surface area (Å²) in [5.74, 6) is -0.276. The molecule has 0 saturated carbocycles. The SMILES string of the molecule is CCOC(=O)C(COCCOCCCOC)NC(C)C. The molecule has 0 saturated heterocycles. The average Bonchev–Trinajstić information content (AvgIpc) is 2.40. The molecule has 0 radical (unpaired) electrons. The van der Waals surface area contributed by atoms with Crippen LogP contribution in [0.25, 0.3) is 0 Å². The fourth-order valence-corrected chi connectivity index (χ4v) is 1.56. The molecule has 0 aliphatic carbocycles. The molecule has 0 aromatic carbocycles. The van der Waals surface area contributed by atoms with Gasteiger partial charge in [0.15, 0.2) is 0 Å². The van der Waals surface area contributed by atoms with Crippen molar-refractivity contribution in [2.75, 3.05) is 46.8 Å². The Morgan fingerprint density at radius 2 is 1.80 bits per heavy atom. The van der Waals surface area contributed by atoms with Gasteiger partial charge in [-0.05, 0) is 13.3 Å². The monoisotopic (exact) mass is 291 g/mol. The third-order valence-corrected chi connectivity index (χ3v) is 2.40. The van der Waals surface area contributed by atoms with E-state index in [0.29, 0.717) is 39.6 Å². The third-order valence-electron chi connectivity index (χ3n) is 2.40. The highest BCUT2D eigenvalue weighted by molar-refractivity contribution is 5.75. The molecule has 0 rings (SSSR count). The van der Waals surface area contributed by atoms with Gasteiger partial charge in [-0.3, -0.25) is 4.79 Å². The second-order valence-electron chi connectivity index (χ2n) is 4.66. The van der Waals surface area contributed by atoms with Crippen LogP contribution in [-0.4, -0.2) is 64.8 Å². The Balaban J connectivity index is 3.71. The van der Waals surface area contributed by atoms with Crippen molar-refractivity contribution in [1.29, 1.82) is 0 Å². The molecular formula is C14H29NO5. The topological polar surface area (TPSA) is 66.0 Å². The summed E-state index contributed by atoms with van der Waals surface area (Å²) in [5, 5.41) is 3.13. The molecule has 0 aromatic rings. The van der Waals surface area contributed by atoms with E-state index >= 15 is 0 Å². The van der Waals surface area contributed by atoms with E-state index in [1.165, 1.54) is 0 Å². The first-order valence-corrected chi connectivity index (χ1v) is 7.18. The van der Waals surface area contributed by atoms with Crippen LogP contribution < -0.4 is 5.32 Å². The predicted octanol–water partition coefficient (Wildman–Crippen LogP) is 0.986. The van der Waals surface area contributed by atoms with Crippen molar-refractivity contribution in [2.45, 2.75) is 39.3 Å². The molecular weight excluding hydrogens is 262 g/mol. The van der Waals surface area contributed by atoms with Crippen molar-refractivity contribution in [3.05, 3.63) is 0 Å². The van der Waals surface area contributed by atoms with Gasteiger partial charge in [-0.15, -0.1) is 0 Å². The van der Waals surface area contributed by atoms with Crippen molar-refractivity contribution < 1.29 is 23.7 Å². The number of rotatable bonds is 13. The molecule has 0 aliphatic rings. The largest absolute Gasteiger partial charge is 0.465 e. The zero-order valence-electron chi connectivity index (χ0n) is 13.1. The van der Waals surface area contributed by atoms with Gasteiger partial charge in [0.05, 0.1) is 26.4 Å². The summed E-state index contributed by atoms with van der Waals surface area (Å²) >= 11 is 0. The number of methoxy groups -OCH3 is 1. The van der Waals surface area contributed by atoms with Gasteiger partial charge in [-0.1, -0.05) is 13.8 Å². The molecule has 6 heteroatoms. The highest BCUT2D eigenvalue weighted by Crippen LogP contribution is 1.95. The minimum absolute atomic E-state index is 0.193. The lowest BCUT2D eigenvalue weighted by molar-refractivity contribution is -0.147. The zero-order chi connectivity index (χ0) is 15.2. The van der Waals surface area contributed by atoms with Crippen LogP contribution in [0.5, 0.6) is 0 Å². The van der Waals surface area contributed by atoms with E-state index in [4.69, 9.17) is 18.9 Å². The summed E-state index contributed by atoms with van der Waals surface area (Å²) in [6.45, 7) is 8.74. The minimum Gasteiger partial charge on any atom is -0.465 e. The molecule has 0 heterocycles. The summed E-state index contributed by atoms with van der Waals surface area (Å²) in [6, 6.07) is -0.234. The molecule has 0 bridgehead atoms. The van der Waals surface area contributed by atoms with Crippen molar-refractivity contribution >= 4 is 5.97 Å². The second-order valence-corrected chi connectivity index (χ2v) is 4.66. The normalized spacial score (nSPS) is 12.7. The molecule has 0 spiro atoms. The standard InChI is InChI=1S/C14H29NO5/c1-5-20-14(16)13(15-12(2)3)11-19-10-9-18-8-6-7-17-4/h12-13,15H,5-11H2,1-4H3. The zero-order valence-corrected chi connectivity index (χ0v) is 13.1. The first-order valence-electron chi connectivity index (χ1n) is 7.18. The van der Waals surface area contributed by atoms with Crippen molar-refractivity contribution in [3.63, 3.8) is 0 Å². The van der Waals surface area contributed by atoms with Crippen molar-refractivity contribution in [2.24, 2.45) is 0 Å². The number of esters is 1. The summed E-state index contributed by atoms with van der Waals surface area (Å²) in [5.41, 5.74) is 0. The lowest BCUT2D eigenvalue weighted by Gasteiger charge is -2.19. The summed E-state index contributed by atoms with van der Waals surface area (Å²) in [7, 11) is 1.67. The first-order chi connectivity index (χ1) is 9.61. The van der Waals surface area contributed by atoms with Gasteiger partial charge in [-0.25, -0.2) is 0 Å². The van der Waals surface area contributed by atoms with Crippen LogP contribution >= 0.6 is 0 Å². The molecule has 0 amide bonds. The van der Waals surface area contributed by atoms with E-state index < -0.39 is 6.04 Å². The highest BCUT2D eigenvalue weighted by Gasteiger charge is 2.20. The number of hydrogen-bond acceptors (Lipinski definition) is 6. The average molecular weight is 291 g/mol. The van der Waals surface area contributed by atoms with Crippen molar-refractivity contribution in [3.8, 4) is 0 Å². The van der Waals surface area contributed by atoms with Crippen LogP contribution in [0, 0.1) is 0 Å². The Bertz CT molecular complexity index is 236. The van der Waals surface area contributed by atoms with E-state index in [2.05, 4.69) is 5.32 Å². The Kier molecular flexibility index (Phi) is 12.8. The van der Waals surface area contributed by atoms with Crippen LogP contribution in [0.3, 0.4) is 0 Å². The van der Waals surface area contributed by atoms with E-state index in [9.17, 15) is 4.79 Å². The van der Waals surface area contributed by atoms with Gasteiger partial charge in [0.2, 0.25) is 0 Å². The van der Waals surface area contributed by atoms with E-state index in [1.807, 2.05) is 13.8 Å². The van der Waals surface area contributed by atoms with Gasteiger partial charge in [-0.2, -0.15) is 0 Å². The first kappa shape index (κ1) is 19.3. The smallest absolute Gasteiger partial charge is 0.325 e. The maximum Gasteiger partial charge on any atom is 0.325 e. The molecule has 0 aromatic heterocycles. The number of nitrogens with one attached hydrogen (secondary N) is 1. The highest BCUT2D eigenvalue weighted by atomic mass is 16.5. The Morgan fingerprint density at radius 3 is 2.40 bits per heavy atom. The summed E-state index contributed by atoms with van der Waals surface area (Å²) < 4.78 is 20.7. The molecule has 6 nitrogen and oxygen atoms in total. The lowest BCUT2D eigenvalue weighted by atomic mass is 10.2. The summed E-state index contributed by atoms with van der Waals surface area (Å²) in [4.78, 5) is 11.7. The molecule has 0 fully saturated rings. The van der Waals surface area contributed by atoms with Crippen molar-refractivity contribution in [1.82, 2.24) is 5.32 Å². The maximum absolute atomic E-state index is 11.7. The fraction of sp³-hybridized carbons (Fsp3) is 0.929. The Hall–Kier alpha value is -0.690. The Labute approximate surface area is 122 Å². The van der Waals surface area contributed by atoms with Gasteiger partial charge in [0.1, 0.15) is 6.04 Å². The fourth-order valence-electron chi connectivity index (χ4n) is 1.56. The second kappa shape index (κ2) is 13.3. The summed E-state index contributed by atoms with van der Waals surface area (Å²) in [6.07, 6.45) is 0.872. The predicted molar refractivity (Wildman–Crippen MR) is 76.8 cm³/mol. The van der Waals surface area contributed by atoms with Crippen LogP contribution in [0.15, 0.2) is 0 Å². The van der Waals surface area contributed by atoms with E-state index in [0.717, 1.165) is 6.42 Å². The van der Waals surface area contributed by atoms with Crippen LogP contribution in [0.2, 0.25) is 0 Å². The molecule has 1 unspecified atom stereocenters. The van der Waals surface area contributed by atoms with Crippen LogP contribution in [-0.2, 0) is 23.7 Å².